The second-order valence-electron chi connectivity index (χ2n) is 7.02. The minimum Gasteiger partial charge on any atom is -0.492 e. The van der Waals surface area contributed by atoms with Gasteiger partial charge in [0.15, 0.2) is 0 Å². The third-order valence-corrected chi connectivity index (χ3v) is 4.66. The molecule has 0 aliphatic carbocycles. The molecular formula is C26H33NO. The molecule has 2 nitrogen and oxygen atoms in total. The zero-order valence-corrected chi connectivity index (χ0v) is 17.7. The van der Waals surface area contributed by atoms with E-state index in [9.17, 15) is 0 Å². The van der Waals surface area contributed by atoms with Gasteiger partial charge in [-0.1, -0.05) is 75.0 Å². The normalized spacial score (nSPS) is 12.7. The van der Waals surface area contributed by atoms with E-state index in [1.807, 2.05) is 6.08 Å². The van der Waals surface area contributed by atoms with Crippen LogP contribution in [0.3, 0.4) is 0 Å². The Bertz CT molecular complexity index is 798. The van der Waals surface area contributed by atoms with Crippen molar-refractivity contribution in [1.82, 2.24) is 4.90 Å². The largest absolute Gasteiger partial charge is 0.492 e. The monoisotopic (exact) mass is 375 g/mol. The fourth-order valence-corrected chi connectivity index (χ4v) is 3.26. The molecule has 28 heavy (non-hydrogen) atoms. The maximum atomic E-state index is 5.87. The van der Waals surface area contributed by atoms with E-state index in [1.165, 1.54) is 27.8 Å². The highest BCUT2D eigenvalue weighted by atomic mass is 16.5. The smallest absolute Gasteiger partial charge is 0.119 e. The number of ether oxygens (including phenoxy) is 1. The topological polar surface area (TPSA) is 12.5 Å². The molecule has 2 aromatic rings. The average Bonchev–Trinajstić information content (AvgIpc) is 2.71. The lowest BCUT2D eigenvalue weighted by molar-refractivity contribution is 0.261. The first-order valence-corrected chi connectivity index (χ1v) is 10.1. The number of likely N-dealkylation sites (N-methyl/N-ethyl adjacent to an activating group) is 1. The lowest BCUT2D eigenvalue weighted by Gasteiger charge is -2.17. The van der Waals surface area contributed by atoms with Crippen LogP contribution in [0, 0.1) is 0 Å². The Morgan fingerprint density at radius 3 is 2.14 bits per heavy atom. The summed E-state index contributed by atoms with van der Waals surface area (Å²) in [4.78, 5) is 2.12. The third kappa shape index (κ3) is 5.97. The maximum absolute atomic E-state index is 5.87. The van der Waals surface area contributed by atoms with E-state index in [2.05, 4.69) is 100 Å². The van der Waals surface area contributed by atoms with Crippen LogP contribution in [-0.4, -0.2) is 32.1 Å². The molecule has 2 rings (SSSR count). The van der Waals surface area contributed by atoms with Crippen LogP contribution in [0.25, 0.3) is 5.57 Å². The summed E-state index contributed by atoms with van der Waals surface area (Å²) >= 11 is 0. The fraction of sp³-hybridized carbons (Fsp3) is 0.308. The van der Waals surface area contributed by atoms with Gasteiger partial charge < -0.3 is 9.64 Å². The standard InChI is InChI=1S/C26H33NO/c1-6-12-21(7-2)25(8-3)26(22-13-10-9-11-14-22)23-15-17-24(18-16-23)28-20-19-27(4)5/h7,9-18H,2,6,8,19-20H2,1,3-5H3/b21-12+,26-25-. The summed E-state index contributed by atoms with van der Waals surface area (Å²) in [5.74, 6) is 0.907. The minimum atomic E-state index is 0.688. The Hall–Kier alpha value is -2.58. The quantitative estimate of drug-likeness (QED) is 0.448. The Labute approximate surface area is 170 Å². The van der Waals surface area contributed by atoms with Crippen LogP contribution in [0.2, 0.25) is 0 Å². The van der Waals surface area contributed by atoms with Crippen molar-refractivity contribution in [2.75, 3.05) is 27.2 Å². The molecule has 0 heterocycles. The molecule has 0 aliphatic heterocycles. The molecule has 2 heteroatoms. The summed E-state index contributed by atoms with van der Waals surface area (Å²) in [5, 5.41) is 0. The summed E-state index contributed by atoms with van der Waals surface area (Å²) < 4.78 is 5.87. The molecule has 0 aromatic heterocycles. The number of hydrogen-bond donors (Lipinski definition) is 0. The maximum Gasteiger partial charge on any atom is 0.119 e. The lowest BCUT2D eigenvalue weighted by atomic mass is 9.87. The molecule has 2 aromatic carbocycles. The first-order valence-electron chi connectivity index (χ1n) is 10.1. The van der Waals surface area contributed by atoms with E-state index >= 15 is 0 Å². The van der Waals surface area contributed by atoms with Gasteiger partial charge >= 0.3 is 0 Å². The van der Waals surface area contributed by atoms with Gasteiger partial charge in [0.05, 0.1) is 0 Å². The highest BCUT2D eigenvalue weighted by Gasteiger charge is 2.13. The number of rotatable bonds is 10. The van der Waals surface area contributed by atoms with Crippen molar-refractivity contribution >= 4 is 5.57 Å². The van der Waals surface area contributed by atoms with E-state index in [0.29, 0.717) is 6.61 Å². The molecular weight excluding hydrogens is 342 g/mol. The molecule has 0 amide bonds. The van der Waals surface area contributed by atoms with Gasteiger partial charge in [0, 0.05) is 6.54 Å². The number of allylic oxidation sites excluding steroid dienone is 4. The van der Waals surface area contributed by atoms with Crippen molar-refractivity contribution < 1.29 is 4.74 Å². The third-order valence-electron chi connectivity index (χ3n) is 4.66. The van der Waals surface area contributed by atoms with E-state index in [-0.39, 0.29) is 0 Å². The van der Waals surface area contributed by atoms with Crippen LogP contribution in [0.15, 0.2) is 84.5 Å². The van der Waals surface area contributed by atoms with Gasteiger partial charge in [0.1, 0.15) is 12.4 Å². The molecule has 0 aliphatic rings. The molecule has 0 atom stereocenters. The van der Waals surface area contributed by atoms with Crippen LogP contribution in [-0.2, 0) is 0 Å². The van der Waals surface area contributed by atoms with Gasteiger partial charge in [-0.3, -0.25) is 0 Å². The zero-order valence-electron chi connectivity index (χ0n) is 17.7. The fourth-order valence-electron chi connectivity index (χ4n) is 3.26. The summed E-state index contributed by atoms with van der Waals surface area (Å²) in [5.41, 5.74) is 6.23. The molecule has 0 spiro atoms. The van der Waals surface area contributed by atoms with Gasteiger partial charge in [-0.15, -0.1) is 0 Å². The Balaban J connectivity index is 2.47. The van der Waals surface area contributed by atoms with E-state index < -0.39 is 0 Å². The molecule has 0 bridgehead atoms. The van der Waals surface area contributed by atoms with Crippen molar-refractivity contribution in [2.24, 2.45) is 0 Å². The first-order chi connectivity index (χ1) is 13.6. The number of hydrogen-bond acceptors (Lipinski definition) is 2. The first kappa shape index (κ1) is 21.7. The number of benzene rings is 2. The van der Waals surface area contributed by atoms with Gasteiger partial charge in [-0.2, -0.15) is 0 Å². The van der Waals surface area contributed by atoms with E-state index in [4.69, 9.17) is 4.74 Å². The molecule has 0 saturated heterocycles. The Kier molecular flexibility index (Phi) is 8.77. The van der Waals surface area contributed by atoms with E-state index in [0.717, 1.165) is 25.1 Å². The summed E-state index contributed by atoms with van der Waals surface area (Å²) in [6.07, 6.45) is 6.17. The average molecular weight is 376 g/mol. The van der Waals surface area contributed by atoms with Crippen molar-refractivity contribution in [3.8, 4) is 5.75 Å². The molecule has 0 radical (unpaired) electrons. The second kappa shape index (κ2) is 11.3. The van der Waals surface area contributed by atoms with Crippen LogP contribution in [0.1, 0.15) is 37.8 Å². The Morgan fingerprint density at radius 2 is 1.61 bits per heavy atom. The zero-order chi connectivity index (χ0) is 20.4. The lowest BCUT2D eigenvalue weighted by Crippen LogP contribution is -2.19. The second-order valence-corrected chi connectivity index (χ2v) is 7.02. The van der Waals surface area contributed by atoms with Crippen LogP contribution in [0.4, 0.5) is 0 Å². The molecule has 0 N–H and O–H groups in total. The van der Waals surface area contributed by atoms with Gasteiger partial charge in [0.25, 0.3) is 0 Å². The SMILES string of the molecule is C=CC(=C\CC)/C(CC)=C(/c1ccccc1)c1ccc(OCCN(C)C)cc1. The number of nitrogens with zero attached hydrogens (tertiary/aromatic N) is 1. The van der Waals surface area contributed by atoms with Crippen molar-refractivity contribution in [3.05, 3.63) is 95.6 Å². The summed E-state index contributed by atoms with van der Waals surface area (Å²) in [7, 11) is 4.10. The Morgan fingerprint density at radius 1 is 0.964 bits per heavy atom. The van der Waals surface area contributed by atoms with Gasteiger partial charge in [-0.25, -0.2) is 0 Å². The predicted molar refractivity (Wildman–Crippen MR) is 122 cm³/mol. The van der Waals surface area contributed by atoms with Crippen LogP contribution >= 0.6 is 0 Å². The minimum absolute atomic E-state index is 0.688. The highest BCUT2D eigenvalue weighted by molar-refractivity contribution is 5.85. The van der Waals surface area contributed by atoms with Gasteiger partial charge in [0.2, 0.25) is 0 Å². The van der Waals surface area contributed by atoms with Gasteiger partial charge in [-0.05, 0) is 66.9 Å². The van der Waals surface area contributed by atoms with Crippen molar-refractivity contribution in [1.29, 1.82) is 0 Å². The highest BCUT2D eigenvalue weighted by Crippen LogP contribution is 2.33. The van der Waals surface area contributed by atoms with E-state index in [1.54, 1.807) is 0 Å². The summed E-state index contributed by atoms with van der Waals surface area (Å²) in [6, 6.07) is 19.1. The van der Waals surface area contributed by atoms with Crippen LogP contribution < -0.4 is 4.74 Å². The van der Waals surface area contributed by atoms with Crippen LogP contribution in [0.5, 0.6) is 5.75 Å². The molecule has 0 fully saturated rings. The summed E-state index contributed by atoms with van der Waals surface area (Å²) in [6.45, 7) is 10.0. The predicted octanol–water partition coefficient (Wildman–Crippen LogP) is 6.36. The van der Waals surface area contributed by atoms with Crippen molar-refractivity contribution in [2.45, 2.75) is 26.7 Å². The molecule has 148 valence electrons. The van der Waals surface area contributed by atoms with Crippen molar-refractivity contribution in [3.63, 3.8) is 0 Å². The molecule has 0 saturated carbocycles. The molecule has 0 unspecified atom stereocenters.